The maximum atomic E-state index is 12.4. The zero-order valence-electron chi connectivity index (χ0n) is 15.6. The Kier molecular flexibility index (Phi) is 6.74. The van der Waals surface area contributed by atoms with Crippen molar-refractivity contribution in [2.75, 3.05) is 31.3 Å². The highest BCUT2D eigenvalue weighted by atomic mass is 16.5. The summed E-state index contributed by atoms with van der Waals surface area (Å²) in [6.45, 7) is 4.39. The second-order valence-corrected chi connectivity index (χ2v) is 6.30. The van der Waals surface area contributed by atoms with Gasteiger partial charge in [-0.1, -0.05) is 29.8 Å². The average Bonchev–Trinajstić information content (AvgIpc) is 2.56. The highest BCUT2D eigenvalue weighted by Crippen LogP contribution is 2.27. The highest BCUT2D eigenvalue weighted by molar-refractivity contribution is 5.95. The van der Waals surface area contributed by atoms with Crippen LogP contribution in [0.15, 0.2) is 42.5 Å². The molecule has 0 radical (unpaired) electrons. The standard InChI is InChI=1S/C20H25N3O3/c1-14-5-7-16(8-6-14)12-23(3)13-20(25)22-18-11-17(21-15(2)24)9-10-19(18)26-4/h5-11H,12-13H2,1-4H3,(H,21,24)(H,22,25). The van der Waals surface area contributed by atoms with Gasteiger partial charge in [0.2, 0.25) is 11.8 Å². The van der Waals surface area contributed by atoms with Gasteiger partial charge in [0.05, 0.1) is 19.3 Å². The molecule has 0 saturated heterocycles. The summed E-state index contributed by atoms with van der Waals surface area (Å²) >= 11 is 0. The first kappa shape index (κ1) is 19.5. The van der Waals surface area contributed by atoms with Crippen molar-refractivity contribution in [3.05, 3.63) is 53.6 Å². The summed E-state index contributed by atoms with van der Waals surface area (Å²) in [5, 5.41) is 5.54. The molecule has 0 atom stereocenters. The largest absolute Gasteiger partial charge is 0.495 e. The third-order valence-electron chi connectivity index (χ3n) is 3.78. The maximum absolute atomic E-state index is 12.4. The number of carbonyl (C=O) groups is 2. The number of methoxy groups -OCH3 is 1. The van der Waals surface area contributed by atoms with Gasteiger partial charge in [-0.05, 0) is 37.7 Å². The van der Waals surface area contributed by atoms with E-state index in [0.717, 1.165) is 5.56 Å². The van der Waals surface area contributed by atoms with Crippen LogP contribution in [-0.2, 0) is 16.1 Å². The summed E-state index contributed by atoms with van der Waals surface area (Å²) in [6, 6.07) is 13.3. The fourth-order valence-electron chi connectivity index (χ4n) is 2.58. The lowest BCUT2D eigenvalue weighted by molar-refractivity contribution is -0.117. The third kappa shape index (κ3) is 5.89. The molecule has 0 aliphatic rings. The van der Waals surface area contributed by atoms with Crippen LogP contribution >= 0.6 is 0 Å². The minimum absolute atomic E-state index is 0.155. The molecule has 0 bridgehead atoms. The normalized spacial score (nSPS) is 10.5. The molecule has 2 rings (SSSR count). The van der Waals surface area contributed by atoms with E-state index in [4.69, 9.17) is 4.74 Å². The fourth-order valence-corrected chi connectivity index (χ4v) is 2.58. The van der Waals surface area contributed by atoms with Crippen molar-refractivity contribution < 1.29 is 14.3 Å². The van der Waals surface area contributed by atoms with E-state index < -0.39 is 0 Å². The zero-order chi connectivity index (χ0) is 19.1. The second kappa shape index (κ2) is 9.01. The quantitative estimate of drug-likeness (QED) is 0.801. The smallest absolute Gasteiger partial charge is 0.238 e. The highest BCUT2D eigenvalue weighted by Gasteiger charge is 2.12. The molecular formula is C20H25N3O3. The Morgan fingerprint density at radius 3 is 2.38 bits per heavy atom. The molecule has 0 spiro atoms. The number of ether oxygens (including phenoxy) is 1. The summed E-state index contributed by atoms with van der Waals surface area (Å²) in [4.78, 5) is 25.5. The van der Waals surface area contributed by atoms with E-state index in [1.54, 1.807) is 18.2 Å². The summed E-state index contributed by atoms with van der Waals surface area (Å²) in [6.07, 6.45) is 0. The van der Waals surface area contributed by atoms with Crippen LogP contribution in [0.3, 0.4) is 0 Å². The first-order chi connectivity index (χ1) is 12.4. The van der Waals surface area contributed by atoms with Gasteiger partial charge < -0.3 is 15.4 Å². The number of nitrogens with one attached hydrogen (secondary N) is 2. The Bertz CT molecular complexity index is 772. The molecule has 2 amide bonds. The van der Waals surface area contributed by atoms with Gasteiger partial charge in [0.25, 0.3) is 0 Å². The Balaban J connectivity index is 1.99. The molecule has 0 aromatic heterocycles. The third-order valence-corrected chi connectivity index (χ3v) is 3.78. The van der Waals surface area contributed by atoms with Crippen molar-refractivity contribution in [3.63, 3.8) is 0 Å². The molecule has 2 aromatic carbocycles. The molecule has 26 heavy (non-hydrogen) atoms. The average molecular weight is 355 g/mol. The molecule has 0 heterocycles. The van der Waals surface area contributed by atoms with Gasteiger partial charge in [-0.15, -0.1) is 0 Å². The molecule has 2 aromatic rings. The van der Waals surface area contributed by atoms with Gasteiger partial charge in [0.15, 0.2) is 0 Å². The molecule has 0 fully saturated rings. The Hall–Kier alpha value is -2.86. The van der Waals surface area contributed by atoms with Crippen molar-refractivity contribution in [2.45, 2.75) is 20.4 Å². The van der Waals surface area contributed by atoms with Gasteiger partial charge in [-0.25, -0.2) is 0 Å². The summed E-state index contributed by atoms with van der Waals surface area (Å²) in [7, 11) is 3.43. The summed E-state index contributed by atoms with van der Waals surface area (Å²) < 4.78 is 5.28. The number of nitrogens with zero attached hydrogens (tertiary/aromatic N) is 1. The van der Waals surface area contributed by atoms with Gasteiger partial charge >= 0.3 is 0 Å². The van der Waals surface area contributed by atoms with Crippen LogP contribution in [0.5, 0.6) is 5.75 Å². The van der Waals surface area contributed by atoms with Crippen molar-refractivity contribution in [1.29, 1.82) is 0 Å². The van der Waals surface area contributed by atoms with Crippen LogP contribution < -0.4 is 15.4 Å². The van der Waals surface area contributed by atoms with E-state index in [1.165, 1.54) is 19.6 Å². The molecule has 138 valence electrons. The number of aryl methyl sites for hydroxylation is 1. The molecule has 6 heteroatoms. The number of anilines is 2. The van der Waals surface area contributed by atoms with Crippen molar-refractivity contribution >= 4 is 23.2 Å². The first-order valence-corrected chi connectivity index (χ1v) is 8.37. The predicted molar refractivity (Wildman–Crippen MR) is 103 cm³/mol. The summed E-state index contributed by atoms with van der Waals surface area (Å²) in [5.74, 6) is 0.205. The maximum Gasteiger partial charge on any atom is 0.238 e. The van der Waals surface area contributed by atoms with Gasteiger partial charge in [0.1, 0.15) is 5.75 Å². The Morgan fingerprint density at radius 2 is 1.77 bits per heavy atom. The van der Waals surface area contributed by atoms with Crippen molar-refractivity contribution in [1.82, 2.24) is 4.90 Å². The van der Waals surface area contributed by atoms with E-state index in [2.05, 4.69) is 34.9 Å². The molecule has 6 nitrogen and oxygen atoms in total. The first-order valence-electron chi connectivity index (χ1n) is 8.37. The lowest BCUT2D eigenvalue weighted by atomic mass is 10.1. The van der Waals surface area contributed by atoms with Gasteiger partial charge in [-0.3, -0.25) is 14.5 Å². The van der Waals surface area contributed by atoms with E-state index in [-0.39, 0.29) is 18.4 Å². The van der Waals surface area contributed by atoms with E-state index in [1.807, 2.05) is 18.9 Å². The number of amides is 2. The molecular weight excluding hydrogens is 330 g/mol. The SMILES string of the molecule is COc1ccc(NC(C)=O)cc1NC(=O)CN(C)Cc1ccc(C)cc1. The second-order valence-electron chi connectivity index (χ2n) is 6.30. The molecule has 0 saturated carbocycles. The number of rotatable bonds is 7. The lowest BCUT2D eigenvalue weighted by Gasteiger charge is -2.18. The van der Waals surface area contributed by atoms with Crippen molar-refractivity contribution in [2.24, 2.45) is 0 Å². The van der Waals surface area contributed by atoms with Crippen LogP contribution in [0, 0.1) is 6.92 Å². The van der Waals surface area contributed by atoms with Gasteiger partial charge in [-0.2, -0.15) is 0 Å². The fraction of sp³-hybridized carbons (Fsp3) is 0.300. The van der Waals surface area contributed by atoms with Crippen LogP contribution in [-0.4, -0.2) is 37.4 Å². The summed E-state index contributed by atoms with van der Waals surface area (Å²) in [5.41, 5.74) is 3.48. The molecule has 0 unspecified atom stereocenters. The van der Waals surface area contributed by atoms with E-state index >= 15 is 0 Å². The number of likely N-dealkylation sites (N-methyl/N-ethyl adjacent to an activating group) is 1. The molecule has 2 N–H and O–H groups in total. The van der Waals surface area contributed by atoms with Crippen LogP contribution in [0.4, 0.5) is 11.4 Å². The van der Waals surface area contributed by atoms with Crippen molar-refractivity contribution in [3.8, 4) is 5.75 Å². The number of benzene rings is 2. The van der Waals surface area contributed by atoms with Crippen LogP contribution in [0.25, 0.3) is 0 Å². The molecule has 0 aliphatic carbocycles. The predicted octanol–water partition coefficient (Wildman–Crippen LogP) is 3.03. The van der Waals surface area contributed by atoms with E-state index in [0.29, 0.717) is 23.7 Å². The van der Waals surface area contributed by atoms with E-state index in [9.17, 15) is 9.59 Å². The van der Waals surface area contributed by atoms with Crippen LogP contribution in [0.2, 0.25) is 0 Å². The number of carbonyl (C=O) groups excluding carboxylic acids is 2. The molecule has 0 aliphatic heterocycles. The Labute approximate surface area is 154 Å². The topological polar surface area (TPSA) is 70.7 Å². The zero-order valence-corrected chi connectivity index (χ0v) is 15.6. The van der Waals surface area contributed by atoms with Gasteiger partial charge in [0, 0.05) is 19.2 Å². The monoisotopic (exact) mass is 355 g/mol. The van der Waals surface area contributed by atoms with Crippen LogP contribution in [0.1, 0.15) is 18.1 Å². The Morgan fingerprint density at radius 1 is 1.08 bits per heavy atom. The lowest BCUT2D eigenvalue weighted by Crippen LogP contribution is -2.30. The number of hydrogen-bond acceptors (Lipinski definition) is 4. The number of hydrogen-bond donors (Lipinski definition) is 2. The minimum atomic E-state index is -0.176. The minimum Gasteiger partial charge on any atom is -0.495 e.